The van der Waals surface area contributed by atoms with Crippen LogP contribution in [0.4, 0.5) is 0 Å². The van der Waals surface area contributed by atoms with Crippen molar-refractivity contribution in [1.29, 1.82) is 0 Å². The smallest absolute Gasteiger partial charge is 0.152 e. The fraction of sp³-hybridized carbons (Fsp3) is 1.00. The lowest BCUT2D eigenvalue weighted by Gasteiger charge is -2.09. The van der Waals surface area contributed by atoms with Crippen LogP contribution < -0.4 is 0 Å². The maximum Gasteiger partial charge on any atom is 0.152 e. The van der Waals surface area contributed by atoms with Crippen LogP contribution in [0, 0.1) is 0 Å². The lowest BCUT2D eigenvalue weighted by Crippen LogP contribution is -2.17. The third-order valence-electron chi connectivity index (χ3n) is 2.52. The van der Waals surface area contributed by atoms with Gasteiger partial charge in [-0.3, -0.25) is 0 Å². The average Bonchev–Trinajstić information content (AvgIpc) is 2.13. The van der Waals surface area contributed by atoms with Crippen molar-refractivity contribution in [2.45, 2.75) is 63.5 Å². The van der Waals surface area contributed by atoms with Crippen molar-refractivity contribution in [2.24, 2.45) is 0 Å². The quantitative estimate of drug-likeness (QED) is 0.492. The average molecular weight is 255 g/mol. The van der Waals surface area contributed by atoms with E-state index >= 15 is 0 Å². The summed E-state index contributed by atoms with van der Waals surface area (Å²) in [6.45, 7) is 5.58. The molecule has 15 heavy (non-hydrogen) atoms. The second-order valence-electron chi connectivity index (χ2n) is 4.30. The molecule has 0 fully saturated rings. The Morgan fingerprint density at radius 3 is 2.20 bits per heavy atom. The van der Waals surface area contributed by atoms with Crippen molar-refractivity contribution in [3.05, 3.63) is 0 Å². The summed E-state index contributed by atoms with van der Waals surface area (Å²) in [4.78, 5) is 0. The number of hydrogen-bond donors (Lipinski definition) is 0. The van der Waals surface area contributed by atoms with Crippen molar-refractivity contribution in [2.75, 3.05) is 5.75 Å². The molecule has 0 spiro atoms. The van der Waals surface area contributed by atoms with Crippen LogP contribution in [0.25, 0.3) is 0 Å². The molecule has 0 heterocycles. The zero-order valence-electron chi connectivity index (χ0n) is 10.0. The van der Waals surface area contributed by atoms with E-state index in [1.54, 1.807) is 13.8 Å². The molecule has 2 nitrogen and oxygen atoms in total. The Labute approximate surface area is 99.3 Å². The number of rotatable bonds is 8. The van der Waals surface area contributed by atoms with Gasteiger partial charge >= 0.3 is 0 Å². The topological polar surface area (TPSA) is 34.1 Å². The zero-order valence-corrected chi connectivity index (χ0v) is 11.6. The van der Waals surface area contributed by atoms with Gasteiger partial charge in [0.05, 0.1) is 11.0 Å². The first kappa shape index (κ1) is 15.2. The highest BCUT2D eigenvalue weighted by molar-refractivity contribution is 7.91. The Kier molecular flexibility index (Phi) is 7.62. The summed E-state index contributed by atoms with van der Waals surface area (Å²) in [6.07, 6.45) is 4.72. The zero-order chi connectivity index (χ0) is 11.9. The first-order valence-electron chi connectivity index (χ1n) is 5.75. The van der Waals surface area contributed by atoms with Crippen molar-refractivity contribution < 1.29 is 8.42 Å². The minimum Gasteiger partial charge on any atom is -0.229 e. The van der Waals surface area contributed by atoms with E-state index in [4.69, 9.17) is 11.6 Å². The minimum absolute atomic E-state index is 0.219. The summed E-state index contributed by atoms with van der Waals surface area (Å²) in [7, 11) is -2.85. The van der Waals surface area contributed by atoms with E-state index in [1.807, 2.05) is 0 Å². The third-order valence-corrected chi connectivity index (χ3v) is 5.25. The van der Waals surface area contributed by atoms with Crippen LogP contribution in [0.2, 0.25) is 0 Å². The molecule has 0 aromatic rings. The summed E-state index contributed by atoms with van der Waals surface area (Å²) >= 11 is 6.04. The number of alkyl halides is 1. The Hall–Kier alpha value is 0.240. The summed E-state index contributed by atoms with van der Waals surface area (Å²) in [5, 5.41) is -0.0308. The Bertz CT molecular complexity index is 247. The van der Waals surface area contributed by atoms with E-state index in [1.165, 1.54) is 0 Å². The highest BCUT2D eigenvalue weighted by Gasteiger charge is 2.15. The monoisotopic (exact) mass is 254 g/mol. The normalized spacial score (nSPS) is 14.5. The summed E-state index contributed by atoms with van der Waals surface area (Å²) in [5.74, 6) is 0.306. The van der Waals surface area contributed by atoms with Crippen LogP contribution >= 0.6 is 11.6 Å². The van der Waals surface area contributed by atoms with Gasteiger partial charge < -0.3 is 0 Å². The van der Waals surface area contributed by atoms with Gasteiger partial charge in [-0.1, -0.05) is 19.8 Å². The second kappa shape index (κ2) is 7.50. The molecular weight excluding hydrogens is 232 g/mol. The summed E-state index contributed by atoms with van der Waals surface area (Å²) < 4.78 is 22.9. The second-order valence-corrected chi connectivity index (χ2v) is 7.59. The molecule has 0 aliphatic carbocycles. The summed E-state index contributed by atoms with van der Waals surface area (Å²) in [6, 6.07) is 0. The molecular formula is C11H23ClO2S. The Morgan fingerprint density at radius 2 is 1.73 bits per heavy atom. The molecule has 0 radical (unpaired) electrons. The molecule has 0 aliphatic heterocycles. The standard InChI is InChI=1S/C11H23ClO2S/c1-4-7-11(12)8-5-6-9-15(13,14)10(2)3/h10-11H,4-9H2,1-3H3. The molecule has 0 saturated carbocycles. The van der Waals surface area contributed by atoms with Gasteiger partial charge in [0.2, 0.25) is 0 Å². The predicted octanol–water partition coefficient (Wildman–Crippen LogP) is 3.39. The van der Waals surface area contributed by atoms with Crippen LogP contribution in [-0.4, -0.2) is 24.8 Å². The highest BCUT2D eigenvalue weighted by Crippen LogP contribution is 2.14. The fourth-order valence-corrected chi connectivity index (χ4v) is 2.81. The number of halogens is 1. The molecule has 0 amide bonds. The van der Waals surface area contributed by atoms with Gasteiger partial charge in [0.1, 0.15) is 0 Å². The fourth-order valence-electron chi connectivity index (χ4n) is 1.36. The molecule has 1 unspecified atom stereocenters. The molecule has 0 bridgehead atoms. The molecule has 1 atom stereocenters. The minimum atomic E-state index is -2.85. The SMILES string of the molecule is CCCC(Cl)CCCCS(=O)(=O)C(C)C. The molecule has 0 aromatic heterocycles. The number of sulfone groups is 1. The third kappa shape index (κ3) is 7.18. The van der Waals surface area contributed by atoms with Gasteiger partial charge in [0.15, 0.2) is 9.84 Å². The van der Waals surface area contributed by atoms with Crippen molar-refractivity contribution >= 4 is 21.4 Å². The van der Waals surface area contributed by atoms with E-state index in [0.717, 1.165) is 32.1 Å². The van der Waals surface area contributed by atoms with Crippen LogP contribution in [-0.2, 0) is 9.84 Å². The molecule has 92 valence electrons. The molecule has 0 saturated heterocycles. The Morgan fingerprint density at radius 1 is 1.13 bits per heavy atom. The number of hydrogen-bond acceptors (Lipinski definition) is 2. The van der Waals surface area contributed by atoms with Crippen LogP contribution in [0.1, 0.15) is 52.9 Å². The van der Waals surface area contributed by atoms with Gasteiger partial charge in [0, 0.05) is 5.38 Å². The van der Waals surface area contributed by atoms with Gasteiger partial charge in [-0.15, -0.1) is 11.6 Å². The molecule has 0 rings (SSSR count). The first-order chi connectivity index (χ1) is 6.90. The molecule has 4 heteroatoms. The Balaban J connectivity index is 3.63. The van der Waals surface area contributed by atoms with Crippen LogP contribution in [0.5, 0.6) is 0 Å². The van der Waals surface area contributed by atoms with Crippen molar-refractivity contribution in [1.82, 2.24) is 0 Å². The van der Waals surface area contributed by atoms with Gasteiger partial charge in [-0.05, 0) is 33.1 Å². The summed E-state index contributed by atoms with van der Waals surface area (Å²) in [5.41, 5.74) is 0. The van der Waals surface area contributed by atoms with E-state index in [-0.39, 0.29) is 10.6 Å². The largest absolute Gasteiger partial charge is 0.229 e. The van der Waals surface area contributed by atoms with Gasteiger partial charge in [-0.25, -0.2) is 8.42 Å². The lowest BCUT2D eigenvalue weighted by molar-refractivity contribution is 0.577. The lowest BCUT2D eigenvalue weighted by atomic mass is 10.1. The van der Waals surface area contributed by atoms with Crippen LogP contribution in [0.3, 0.4) is 0 Å². The molecule has 0 aromatic carbocycles. The number of unbranched alkanes of at least 4 members (excludes halogenated alkanes) is 1. The van der Waals surface area contributed by atoms with Gasteiger partial charge in [0.25, 0.3) is 0 Å². The predicted molar refractivity (Wildman–Crippen MR) is 67.3 cm³/mol. The van der Waals surface area contributed by atoms with E-state index in [2.05, 4.69) is 6.92 Å². The van der Waals surface area contributed by atoms with Crippen molar-refractivity contribution in [3.63, 3.8) is 0 Å². The van der Waals surface area contributed by atoms with Gasteiger partial charge in [-0.2, -0.15) is 0 Å². The van der Waals surface area contributed by atoms with E-state index < -0.39 is 9.84 Å². The highest BCUT2D eigenvalue weighted by atomic mass is 35.5. The molecule has 0 aliphatic rings. The van der Waals surface area contributed by atoms with E-state index in [0.29, 0.717) is 5.75 Å². The van der Waals surface area contributed by atoms with Crippen LogP contribution in [0.15, 0.2) is 0 Å². The van der Waals surface area contributed by atoms with Crippen molar-refractivity contribution in [3.8, 4) is 0 Å². The van der Waals surface area contributed by atoms with E-state index in [9.17, 15) is 8.42 Å². The maximum atomic E-state index is 11.5. The first-order valence-corrected chi connectivity index (χ1v) is 7.91. The maximum absolute atomic E-state index is 11.5. The molecule has 0 N–H and O–H groups in total.